The van der Waals surface area contributed by atoms with Gasteiger partial charge >= 0.3 is 0 Å². The Morgan fingerprint density at radius 2 is 2.00 bits per heavy atom. The Bertz CT molecular complexity index is 858. The molecule has 0 saturated carbocycles. The van der Waals surface area contributed by atoms with E-state index in [0.717, 1.165) is 34.7 Å². The lowest BCUT2D eigenvalue weighted by Gasteiger charge is -2.18. The molecule has 29 heavy (non-hydrogen) atoms. The number of aryl methyl sites for hydroxylation is 1. The number of ether oxygens (including phenoxy) is 2. The molecule has 2 aromatic carbocycles. The SMILES string of the molecule is CN=C(NCCOc1ccc2c(c1)CCC(=O)N2)NCc1ccccc1OC.I. The van der Waals surface area contributed by atoms with Crippen LogP contribution in [0.25, 0.3) is 0 Å². The van der Waals surface area contributed by atoms with Crippen LogP contribution in [0.3, 0.4) is 0 Å². The first-order chi connectivity index (χ1) is 13.7. The highest BCUT2D eigenvalue weighted by Gasteiger charge is 2.14. The summed E-state index contributed by atoms with van der Waals surface area (Å²) in [6.45, 7) is 1.72. The predicted molar refractivity (Wildman–Crippen MR) is 125 cm³/mol. The van der Waals surface area contributed by atoms with Crippen molar-refractivity contribution in [2.45, 2.75) is 19.4 Å². The number of guanidine groups is 1. The normalized spacial score (nSPS) is 12.9. The van der Waals surface area contributed by atoms with Gasteiger partial charge in [0.2, 0.25) is 5.91 Å². The molecule has 156 valence electrons. The standard InChI is InChI=1S/C21H26N4O3.HI/c1-22-21(24-14-16-5-3-4-6-19(16)27-2)23-11-12-28-17-8-9-18-15(13-17)7-10-20(26)25-18;/h3-6,8-9,13H,7,10-12,14H2,1-2H3,(H,25,26)(H2,22,23,24);1H. The summed E-state index contributed by atoms with van der Waals surface area (Å²) < 4.78 is 11.2. The number of carbonyl (C=O) groups is 1. The van der Waals surface area contributed by atoms with E-state index in [2.05, 4.69) is 20.9 Å². The molecular formula is C21H27IN4O3. The van der Waals surface area contributed by atoms with Crippen LogP contribution in [0.5, 0.6) is 11.5 Å². The lowest BCUT2D eigenvalue weighted by atomic mass is 10.0. The molecule has 0 spiro atoms. The fraction of sp³-hybridized carbons (Fsp3) is 0.333. The van der Waals surface area contributed by atoms with Crippen LogP contribution in [-0.4, -0.2) is 39.2 Å². The fourth-order valence-corrected chi connectivity index (χ4v) is 3.04. The summed E-state index contributed by atoms with van der Waals surface area (Å²) in [5, 5.41) is 9.37. The molecule has 0 atom stereocenters. The summed E-state index contributed by atoms with van der Waals surface area (Å²) in [4.78, 5) is 15.6. The van der Waals surface area contributed by atoms with E-state index in [1.54, 1.807) is 14.2 Å². The number of hydrogen-bond acceptors (Lipinski definition) is 4. The zero-order valence-electron chi connectivity index (χ0n) is 16.7. The van der Waals surface area contributed by atoms with Crippen molar-refractivity contribution < 1.29 is 14.3 Å². The van der Waals surface area contributed by atoms with Gasteiger partial charge in [-0.1, -0.05) is 18.2 Å². The van der Waals surface area contributed by atoms with Crippen molar-refractivity contribution in [3.8, 4) is 11.5 Å². The van der Waals surface area contributed by atoms with Crippen LogP contribution >= 0.6 is 24.0 Å². The highest BCUT2D eigenvalue weighted by molar-refractivity contribution is 14.0. The lowest BCUT2D eigenvalue weighted by Crippen LogP contribution is -2.38. The zero-order valence-corrected chi connectivity index (χ0v) is 19.0. The molecule has 0 aliphatic carbocycles. The molecule has 1 aliphatic rings. The highest BCUT2D eigenvalue weighted by Crippen LogP contribution is 2.26. The summed E-state index contributed by atoms with van der Waals surface area (Å²) in [6.07, 6.45) is 1.27. The number of halogens is 1. The number of methoxy groups -OCH3 is 1. The minimum atomic E-state index is 0. The minimum absolute atomic E-state index is 0. The average Bonchev–Trinajstić information content (AvgIpc) is 2.73. The first-order valence-corrected chi connectivity index (χ1v) is 9.31. The van der Waals surface area contributed by atoms with E-state index in [-0.39, 0.29) is 29.9 Å². The van der Waals surface area contributed by atoms with Gasteiger partial charge in [0.05, 0.1) is 13.7 Å². The number of carbonyl (C=O) groups excluding carboxylic acids is 1. The van der Waals surface area contributed by atoms with Crippen molar-refractivity contribution in [1.82, 2.24) is 10.6 Å². The maximum atomic E-state index is 11.4. The number of para-hydroxylation sites is 1. The van der Waals surface area contributed by atoms with Crippen molar-refractivity contribution in [3.63, 3.8) is 0 Å². The molecule has 3 rings (SSSR count). The molecule has 1 heterocycles. The van der Waals surface area contributed by atoms with Crippen LogP contribution in [0.1, 0.15) is 17.5 Å². The number of nitrogens with one attached hydrogen (secondary N) is 3. The van der Waals surface area contributed by atoms with E-state index in [0.29, 0.717) is 32.1 Å². The molecule has 8 heteroatoms. The van der Waals surface area contributed by atoms with Gasteiger partial charge in [-0.3, -0.25) is 9.79 Å². The Balaban J connectivity index is 0.00000300. The van der Waals surface area contributed by atoms with Gasteiger partial charge in [0.15, 0.2) is 5.96 Å². The predicted octanol–water partition coefficient (Wildman–Crippen LogP) is 2.94. The third-order valence-electron chi connectivity index (χ3n) is 4.50. The molecule has 0 fully saturated rings. The third-order valence-corrected chi connectivity index (χ3v) is 4.50. The maximum Gasteiger partial charge on any atom is 0.224 e. The van der Waals surface area contributed by atoms with E-state index in [1.165, 1.54) is 0 Å². The Kier molecular flexibility index (Phi) is 9.04. The zero-order chi connectivity index (χ0) is 19.8. The molecule has 7 nitrogen and oxygen atoms in total. The number of amides is 1. The van der Waals surface area contributed by atoms with E-state index in [4.69, 9.17) is 9.47 Å². The van der Waals surface area contributed by atoms with Crippen molar-refractivity contribution in [1.29, 1.82) is 0 Å². The van der Waals surface area contributed by atoms with Gasteiger partial charge in [-0.05, 0) is 36.2 Å². The first kappa shape index (κ1) is 22.8. The Morgan fingerprint density at radius 1 is 1.17 bits per heavy atom. The molecule has 0 radical (unpaired) electrons. The van der Waals surface area contributed by atoms with Crippen molar-refractivity contribution in [2.75, 3.05) is 32.6 Å². The van der Waals surface area contributed by atoms with Crippen molar-refractivity contribution in [2.24, 2.45) is 4.99 Å². The number of fused-ring (bicyclic) bond motifs is 1. The van der Waals surface area contributed by atoms with Gasteiger partial charge in [0, 0.05) is 31.3 Å². The molecule has 0 unspecified atom stereocenters. The van der Waals surface area contributed by atoms with Crippen LogP contribution < -0.4 is 25.4 Å². The second-order valence-electron chi connectivity index (χ2n) is 6.38. The average molecular weight is 510 g/mol. The number of benzene rings is 2. The maximum absolute atomic E-state index is 11.4. The molecule has 1 aliphatic heterocycles. The van der Waals surface area contributed by atoms with Crippen LogP contribution in [0, 0.1) is 0 Å². The Morgan fingerprint density at radius 3 is 2.79 bits per heavy atom. The number of rotatable bonds is 7. The van der Waals surface area contributed by atoms with Gasteiger partial charge in [-0.15, -0.1) is 24.0 Å². The van der Waals surface area contributed by atoms with Crippen LogP contribution in [0.4, 0.5) is 5.69 Å². The largest absolute Gasteiger partial charge is 0.496 e. The molecule has 1 amide bonds. The Hall–Kier alpha value is -2.49. The summed E-state index contributed by atoms with van der Waals surface area (Å²) in [7, 11) is 3.40. The minimum Gasteiger partial charge on any atom is -0.496 e. The van der Waals surface area contributed by atoms with Gasteiger partial charge < -0.3 is 25.4 Å². The van der Waals surface area contributed by atoms with Crippen LogP contribution in [0.15, 0.2) is 47.5 Å². The Labute approximate surface area is 188 Å². The first-order valence-electron chi connectivity index (χ1n) is 9.31. The molecule has 0 bridgehead atoms. The molecule has 3 N–H and O–H groups in total. The number of nitrogens with zero attached hydrogens (tertiary/aromatic N) is 1. The van der Waals surface area contributed by atoms with Gasteiger partial charge in [-0.2, -0.15) is 0 Å². The molecule has 0 aromatic heterocycles. The lowest BCUT2D eigenvalue weighted by molar-refractivity contribution is -0.116. The number of anilines is 1. The fourth-order valence-electron chi connectivity index (χ4n) is 3.04. The quantitative estimate of drug-likeness (QED) is 0.231. The second kappa shape index (κ2) is 11.5. The van der Waals surface area contributed by atoms with Crippen LogP contribution in [0.2, 0.25) is 0 Å². The van der Waals surface area contributed by atoms with E-state index >= 15 is 0 Å². The molecular weight excluding hydrogens is 483 g/mol. The van der Waals surface area contributed by atoms with Crippen LogP contribution in [-0.2, 0) is 17.8 Å². The van der Waals surface area contributed by atoms with E-state index < -0.39 is 0 Å². The molecule has 0 saturated heterocycles. The highest BCUT2D eigenvalue weighted by atomic mass is 127. The van der Waals surface area contributed by atoms with Gasteiger partial charge in [0.25, 0.3) is 0 Å². The smallest absolute Gasteiger partial charge is 0.224 e. The monoisotopic (exact) mass is 510 g/mol. The summed E-state index contributed by atoms with van der Waals surface area (Å²) in [5.74, 6) is 2.41. The summed E-state index contributed by atoms with van der Waals surface area (Å²) in [5.41, 5.74) is 3.05. The number of hydrogen-bond donors (Lipinski definition) is 3. The van der Waals surface area contributed by atoms with E-state index in [1.807, 2.05) is 42.5 Å². The van der Waals surface area contributed by atoms with Gasteiger partial charge in [-0.25, -0.2) is 0 Å². The summed E-state index contributed by atoms with van der Waals surface area (Å²) >= 11 is 0. The molecule has 2 aromatic rings. The van der Waals surface area contributed by atoms with Gasteiger partial charge in [0.1, 0.15) is 18.1 Å². The summed E-state index contributed by atoms with van der Waals surface area (Å²) in [6, 6.07) is 13.6. The third kappa shape index (κ3) is 6.52. The number of aliphatic imine (C=N–C) groups is 1. The van der Waals surface area contributed by atoms with E-state index in [9.17, 15) is 4.79 Å². The van der Waals surface area contributed by atoms with Crippen molar-refractivity contribution >= 4 is 41.5 Å². The van der Waals surface area contributed by atoms with Crippen molar-refractivity contribution in [3.05, 3.63) is 53.6 Å². The topological polar surface area (TPSA) is 84.0 Å². The second-order valence-corrected chi connectivity index (χ2v) is 6.38.